The number of fused-ring (bicyclic) bond motifs is 1. The van der Waals surface area contributed by atoms with Crippen LogP contribution >= 0.6 is 0 Å². The molecule has 0 spiro atoms. The van der Waals surface area contributed by atoms with Gasteiger partial charge in [-0.05, 0) is 88.9 Å². The van der Waals surface area contributed by atoms with E-state index in [1.54, 1.807) is 7.11 Å². The minimum absolute atomic E-state index is 0.0739. The minimum Gasteiger partial charge on any atom is -0.497 e. The first kappa shape index (κ1) is 30.6. The number of benzene rings is 2. The van der Waals surface area contributed by atoms with Gasteiger partial charge in [0.25, 0.3) is 0 Å². The van der Waals surface area contributed by atoms with E-state index in [9.17, 15) is 9.59 Å². The number of hydrogen-bond donors (Lipinski definition) is 0. The molecule has 0 radical (unpaired) electrons. The van der Waals surface area contributed by atoms with E-state index < -0.39 is 5.60 Å². The zero-order valence-electron chi connectivity index (χ0n) is 26.0. The second-order valence-electron chi connectivity index (χ2n) is 12.4. The zero-order valence-corrected chi connectivity index (χ0v) is 26.0. The first-order chi connectivity index (χ1) is 20.6. The van der Waals surface area contributed by atoms with Crippen molar-refractivity contribution in [2.24, 2.45) is 0 Å². The number of amides is 1. The number of carbonyl (C=O) groups is 2. The van der Waals surface area contributed by atoms with Gasteiger partial charge in [-0.3, -0.25) is 9.80 Å². The number of esters is 1. The number of nitrogens with zero attached hydrogens (tertiary/aromatic N) is 4. The van der Waals surface area contributed by atoms with Crippen LogP contribution < -0.4 is 4.74 Å². The lowest BCUT2D eigenvalue weighted by Gasteiger charge is -2.27. The highest BCUT2D eigenvalue weighted by atomic mass is 16.6. The average molecular weight is 589 g/mol. The molecule has 2 atom stereocenters. The Kier molecular flexibility index (Phi) is 9.40. The van der Waals surface area contributed by atoms with E-state index in [0.29, 0.717) is 18.7 Å². The van der Waals surface area contributed by atoms with Crippen molar-refractivity contribution in [1.82, 2.24) is 19.4 Å². The number of aryl methyl sites for hydroxylation is 1. The van der Waals surface area contributed by atoms with Crippen molar-refractivity contribution < 1.29 is 23.8 Å². The van der Waals surface area contributed by atoms with Gasteiger partial charge in [0.05, 0.1) is 38.1 Å². The predicted octanol–water partition coefficient (Wildman–Crippen LogP) is 5.81. The molecule has 230 valence electrons. The number of ether oxygens (including phenoxy) is 3. The standard InChI is InChI=1S/C34H44N4O5/c1-6-42-32(39)26-11-9-24(10-12-26)8-7-17-36-18-19-37-21-27(35-31(37)23-36)22-38(33(40)43-34(2,3)4)30-20-29(30)25-13-15-28(41-5)16-14-25/h9-16,21,29-30H,6-8,17-20,22-23H2,1-5H3. The molecule has 1 aliphatic carbocycles. The van der Waals surface area contributed by atoms with Gasteiger partial charge in [0.1, 0.15) is 17.2 Å². The number of carbonyl (C=O) groups excluding carboxylic acids is 2. The molecule has 5 rings (SSSR count). The third kappa shape index (κ3) is 7.96. The second kappa shape index (κ2) is 13.2. The highest BCUT2D eigenvalue weighted by Crippen LogP contribution is 2.46. The van der Waals surface area contributed by atoms with Crippen LogP contribution in [0, 0.1) is 0 Å². The summed E-state index contributed by atoms with van der Waals surface area (Å²) in [5, 5.41) is 0. The third-order valence-corrected chi connectivity index (χ3v) is 8.00. The smallest absolute Gasteiger partial charge is 0.410 e. The SMILES string of the molecule is CCOC(=O)c1ccc(CCCN2CCn3cc(CN(C(=O)OC(C)(C)C)C4CC4c4ccc(OC)cc4)nc3C2)cc1. The zero-order chi connectivity index (χ0) is 30.6. The summed E-state index contributed by atoms with van der Waals surface area (Å²) in [7, 11) is 1.67. The van der Waals surface area contributed by atoms with E-state index in [1.165, 1.54) is 11.1 Å². The van der Waals surface area contributed by atoms with Crippen LogP contribution in [0.4, 0.5) is 4.79 Å². The Balaban J connectivity index is 1.18. The van der Waals surface area contributed by atoms with E-state index in [0.717, 1.165) is 62.7 Å². The minimum atomic E-state index is -0.573. The molecule has 1 saturated carbocycles. The van der Waals surface area contributed by atoms with Crippen LogP contribution in [-0.2, 0) is 35.5 Å². The average Bonchev–Trinajstić information content (AvgIpc) is 3.66. The van der Waals surface area contributed by atoms with Crippen LogP contribution in [0.2, 0.25) is 0 Å². The summed E-state index contributed by atoms with van der Waals surface area (Å²) in [5.74, 6) is 1.85. The molecular formula is C34H44N4O5. The summed E-state index contributed by atoms with van der Waals surface area (Å²) in [6, 6.07) is 15.9. The summed E-state index contributed by atoms with van der Waals surface area (Å²) in [6.45, 7) is 11.9. The summed E-state index contributed by atoms with van der Waals surface area (Å²) in [5.41, 5.74) is 3.33. The van der Waals surface area contributed by atoms with Crippen molar-refractivity contribution in [3.05, 3.63) is 82.9 Å². The Bertz CT molecular complexity index is 1390. The number of imidazole rings is 1. The molecule has 9 nitrogen and oxygen atoms in total. The van der Waals surface area contributed by atoms with Crippen LogP contribution in [0.5, 0.6) is 5.75 Å². The van der Waals surface area contributed by atoms with Gasteiger partial charge in [-0.25, -0.2) is 14.6 Å². The van der Waals surface area contributed by atoms with Crippen LogP contribution in [0.1, 0.15) is 79.5 Å². The molecule has 3 aromatic rings. The summed E-state index contributed by atoms with van der Waals surface area (Å²) >= 11 is 0. The lowest BCUT2D eigenvalue weighted by molar-refractivity contribution is 0.0210. The number of methoxy groups -OCH3 is 1. The van der Waals surface area contributed by atoms with E-state index in [1.807, 2.05) is 69.0 Å². The summed E-state index contributed by atoms with van der Waals surface area (Å²) < 4.78 is 18.4. The van der Waals surface area contributed by atoms with Crippen molar-refractivity contribution in [3.63, 3.8) is 0 Å². The molecule has 1 amide bonds. The van der Waals surface area contributed by atoms with E-state index in [-0.39, 0.29) is 24.0 Å². The molecule has 0 saturated heterocycles. The van der Waals surface area contributed by atoms with Gasteiger partial charge in [-0.2, -0.15) is 0 Å². The Labute approximate surface area is 254 Å². The first-order valence-electron chi connectivity index (χ1n) is 15.3. The van der Waals surface area contributed by atoms with Gasteiger partial charge in [0, 0.05) is 31.2 Å². The first-order valence-corrected chi connectivity index (χ1v) is 15.3. The molecule has 43 heavy (non-hydrogen) atoms. The maximum atomic E-state index is 13.4. The predicted molar refractivity (Wildman–Crippen MR) is 164 cm³/mol. The van der Waals surface area contributed by atoms with Crippen molar-refractivity contribution >= 4 is 12.1 Å². The quantitative estimate of drug-likeness (QED) is 0.261. The normalized spacial score (nSPS) is 18.1. The van der Waals surface area contributed by atoms with E-state index >= 15 is 0 Å². The van der Waals surface area contributed by atoms with Gasteiger partial charge >= 0.3 is 12.1 Å². The maximum absolute atomic E-state index is 13.4. The molecule has 0 N–H and O–H groups in total. The topological polar surface area (TPSA) is 86.1 Å². The Morgan fingerprint density at radius 3 is 2.47 bits per heavy atom. The third-order valence-electron chi connectivity index (χ3n) is 8.00. The van der Waals surface area contributed by atoms with Crippen molar-refractivity contribution in [2.75, 3.05) is 26.8 Å². The molecule has 1 fully saturated rings. The maximum Gasteiger partial charge on any atom is 0.410 e. The van der Waals surface area contributed by atoms with Gasteiger partial charge in [-0.15, -0.1) is 0 Å². The van der Waals surface area contributed by atoms with Crippen molar-refractivity contribution in [1.29, 1.82) is 0 Å². The number of hydrogen-bond acceptors (Lipinski definition) is 7. The molecule has 1 aromatic heterocycles. The van der Waals surface area contributed by atoms with Crippen LogP contribution in [0.3, 0.4) is 0 Å². The van der Waals surface area contributed by atoms with Crippen LogP contribution in [0.15, 0.2) is 54.7 Å². The Hall–Kier alpha value is -3.85. The highest BCUT2D eigenvalue weighted by molar-refractivity contribution is 5.89. The molecule has 1 aliphatic heterocycles. The molecule has 0 bridgehead atoms. The van der Waals surface area contributed by atoms with E-state index in [4.69, 9.17) is 19.2 Å². The largest absolute Gasteiger partial charge is 0.497 e. The molecule has 2 unspecified atom stereocenters. The summed E-state index contributed by atoms with van der Waals surface area (Å²) in [6.07, 6.45) is 4.67. The molecule has 2 aromatic carbocycles. The summed E-state index contributed by atoms with van der Waals surface area (Å²) in [4.78, 5) is 34.5. The Morgan fingerprint density at radius 2 is 1.79 bits per heavy atom. The fourth-order valence-corrected chi connectivity index (χ4v) is 5.70. The second-order valence-corrected chi connectivity index (χ2v) is 12.4. The molecular weight excluding hydrogens is 544 g/mol. The highest BCUT2D eigenvalue weighted by Gasteiger charge is 2.46. The van der Waals surface area contributed by atoms with Crippen molar-refractivity contribution in [2.45, 2.75) is 84.2 Å². The Morgan fingerprint density at radius 1 is 1.05 bits per heavy atom. The van der Waals surface area contributed by atoms with Crippen molar-refractivity contribution in [3.8, 4) is 5.75 Å². The lowest BCUT2D eigenvalue weighted by atomic mass is 10.1. The molecule has 9 heteroatoms. The van der Waals surface area contributed by atoms with Gasteiger partial charge < -0.3 is 18.8 Å². The number of rotatable bonds is 11. The fourth-order valence-electron chi connectivity index (χ4n) is 5.70. The number of aromatic nitrogens is 2. The molecule has 2 heterocycles. The van der Waals surface area contributed by atoms with Crippen LogP contribution in [-0.4, -0.2) is 69.9 Å². The molecule has 2 aliphatic rings. The van der Waals surface area contributed by atoms with Crippen LogP contribution in [0.25, 0.3) is 0 Å². The van der Waals surface area contributed by atoms with Gasteiger partial charge in [-0.1, -0.05) is 24.3 Å². The monoisotopic (exact) mass is 588 g/mol. The van der Waals surface area contributed by atoms with E-state index in [2.05, 4.69) is 27.8 Å². The van der Waals surface area contributed by atoms with Gasteiger partial charge in [0.15, 0.2) is 0 Å². The fraction of sp³-hybridized carbons (Fsp3) is 0.500. The van der Waals surface area contributed by atoms with Gasteiger partial charge in [0.2, 0.25) is 0 Å². The lowest BCUT2D eigenvalue weighted by Crippen LogP contribution is -2.38.